The van der Waals surface area contributed by atoms with Gasteiger partial charge in [-0.25, -0.2) is 4.98 Å². The summed E-state index contributed by atoms with van der Waals surface area (Å²) in [6.45, 7) is 9.17. The average molecular weight is 297 g/mol. The molecular formula is C18H23N3O. The molecule has 0 fully saturated rings. The lowest BCUT2D eigenvalue weighted by Crippen LogP contribution is -2.10. The average Bonchev–Trinajstić information content (AvgIpc) is 2.93. The van der Waals surface area contributed by atoms with Crippen LogP contribution in [0.15, 0.2) is 18.5 Å². The number of hydrogen-bond acceptors (Lipinski definition) is 2. The van der Waals surface area contributed by atoms with Crippen molar-refractivity contribution >= 4 is 0 Å². The van der Waals surface area contributed by atoms with Gasteiger partial charge < -0.3 is 9.77 Å². The van der Waals surface area contributed by atoms with E-state index in [1.54, 1.807) is 0 Å². The molecule has 0 N–H and O–H groups in total. The van der Waals surface area contributed by atoms with E-state index in [0.717, 1.165) is 42.8 Å². The molecular weight excluding hydrogens is 274 g/mol. The zero-order chi connectivity index (χ0) is 16.1. The summed E-state index contributed by atoms with van der Waals surface area (Å²) in [6.07, 6.45) is 6.52. The normalized spacial score (nSPS) is 10.4. The fourth-order valence-corrected chi connectivity index (χ4v) is 3.02. The van der Waals surface area contributed by atoms with Gasteiger partial charge in [0.25, 0.3) is 0 Å². The minimum Gasteiger partial charge on any atom is -0.498 e. The molecule has 0 atom stereocenters. The first-order valence-electron chi connectivity index (χ1n) is 7.88. The molecule has 1 aromatic heterocycles. The number of imidazole rings is 1. The smallest absolute Gasteiger partial charge is 0.337 e. The van der Waals surface area contributed by atoms with E-state index >= 15 is 0 Å². The molecule has 0 unspecified atom stereocenters. The van der Waals surface area contributed by atoms with E-state index in [9.17, 15) is 5.21 Å². The van der Waals surface area contributed by atoms with Crippen LogP contribution in [0.1, 0.15) is 54.4 Å². The minimum absolute atomic E-state index is 0.774. The van der Waals surface area contributed by atoms with Crippen LogP contribution in [0.3, 0.4) is 0 Å². The van der Waals surface area contributed by atoms with Crippen LogP contribution in [0.4, 0.5) is 0 Å². The van der Waals surface area contributed by atoms with Crippen molar-refractivity contribution in [3.05, 3.63) is 62.3 Å². The van der Waals surface area contributed by atoms with Crippen LogP contribution in [0.25, 0.3) is 5.01 Å². The number of rotatable bonds is 5. The van der Waals surface area contributed by atoms with Crippen LogP contribution in [-0.2, 0) is 25.8 Å². The quantitative estimate of drug-likeness (QED) is 0.780. The summed E-state index contributed by atoms with van der Waals surface area (Å²) in [5.41, 5.74) is 5.82. The molecule has 0 aliphatic carbocycles. The first-order valence-corrected chi connectivity index (χ1v) is 7.88. The Balaban J connectivity index is 2.66. The van der Waals surface area contributed by atoms with E-state index in [0.29, 0.717) is 0 Å². The summed E-state index contributed by atoms with van der Waals surface area (Å²) in [5, 5.41) is 13.7. The standard InChI is InChI=1S/C18H23N3O/c1-5-14-10-15(6-2)18(12-21-9-8-19-13(21)4)16(7-3)17(14)11-20-22/h8-10H,5-7,12H2,1-4H3. The highest BCUT2D eigenvalue weighted by Crippen LogP contribution is 2.26. The highest BCUT2D eigenvalue weighted by atomic mass is 16.4. The van der Waals surface area contributed by atoms with Crippen LogP contribution in [-0.4, -0.2) is 9.55 Å². The monoisotopic (exact) mass is 297 g/mol. The molecule has 2 aromatic rings. The Bertz CT molecular complexity index is 720. The van der Waals surface area contributed by atoms with E-state index < -0.39 is 0 Å². The predicted octanol–water partition coefficient (Wildman–Crippen LogP) is 4.11. The van der Waals surface area contributed by atoms with E-state index in [-0.39, 0.29) is 0 Å². The molecule has 0 spiro atoms. The van der Waals surface area contributed by atoms with Crippen molar-refractivity contribution in [2.24, 2.45) is 0 Å². The van der Waals surface area contributed by atoms with Crippen LogP contribution in [0.5, 0.6) is 0 Å². The number of nitrogens with zero attached hydrogens (tertiary/aromatic N) is 3. The second-order valence-corrected chi connectivity index (χ2v) is 5.39. The SMILES string of the molecule is CCc1cc(CC)c(Cn2ccnc2C)c(CC)c1C#[N+][O-]. The minimum atomic E-state index is 0.774. The lowest BCUT2D eigenvalue weighted by molar-refractivity contribution is 0.743. The van der Waals surface area contributed by atoms with Gasteiger partial charge in [0.15, 0.2) is 0 Å². The molecule has 0 aliphatic rings. The fourth-order valence-electron chi connectivity index (χ4n) is 3.02. The van der Waals surface area contributed by atoms with Crippen molar-refractivity contribution in [3.63, 3.8) is 0 Å². The van der Waals surface area contributed by atoms with Crippen molar-refractivity contribution in [3.8, 4) is 6.07 Å². The van der Waals surface area contributed by atoms with E-state index in [4.69, 9.17) is 0 Å². The maximum atomic E-state index is 10.8. The molecule has 116 valence electrons. The first-order chi connectivity index (χ1) is 10.7. The summed E-state index contributed by atoms with van der Waals surface area (Å²) < 4.78 is 2.14. The molecule has 2 rings (SSSR count). The van der Waals surface area contributed by atoms with E-state index in [2.05, 4.69) is 47.5 Å². The second kappa shape index (κ2) is 7.13. The van der Waals surface area contributed by atoms with E-state index in [1.807, 2.05) is 19.3 Å². The Hall–Kier alpha value is -2.28. The summed E-state index contributed by atoms with van der Waals surface area (Å²) >= 11 is 0. The maximum Gasteiger partial charge on any atom is 0.337 e. The maximum absolute atomic E-state index is 10.8. The molecule has 0 amide bonds. The Kier molecular flexibility index (Phi) is 5.21. The summed E-state index contributed by atoms with van der Waals surface area (Å²) in [5.74, 6) is 0.992. The van der Waals surface area contributed by atoms with Crippen molar-refractivity contribution in [1.29, 1.82) is 0 Å². The second-order valence-electron chi connectivity index (χ2n) is 5.39. The van der Waals surface area contributed by atoms with Crippen LogP contribution in [0, 0.1) is 18.2 Å². The molecule has 4 nitrogen and oxygen atoms in total. The fraction of sp³-hybridized carbons (Fsp3) is 0.444. The lowest BCUT2D eigenvalue weighted by Gasteiger charge is -2.18. The van der Waals surface area contributed by atoms with Gasteiger partial charge in [-0.1, -0.05) is 26.8 Å². The number of aromatic nitrogens is 2. The largest absolute Gasteiger partial charge is 0.498 e. The Morgan fingerprint density at radius 1 is 1.14 bits per heavy atom. The topological polar surface area (TPSA) is 45.2 Å². The summed E-state index contributed by atoms with van der Waals surface area (Å²) in [7, 11) is 0. The first kappa shape index (κ1) is 16.1. The number of aryl methyl sites for hydroxylation is 3. The zero-order valence-electron chi connectivity index (χ0n) is 13.8. The Morgan fingerprint density at radius 2 is 1.86 bits per heavy atom. The third-order valence-corrected chi connectivity index (χ3v) is 4.25. The van der Waals surface area contributed by atoms with Crippen LogP contribution in [0.2, 0.25) is 0 Å². The van der Waals surface area contributed by atoms with Crippen molar-refractivity contribution in [2.45, 2.75) is 53.5 Å². The molecule has 0 bridgehead atoms. The molecule has 0 saturated heterocycles. The van der Waals surface area contributed by atoms with Gasteiger partial charge in [0.1, 0.15) is 11.4 Å². The zero-order valence-corrected chi connectivity index (χ0v) is 13.8. The highest BCUT2D eigenvalue weighted by Gasteiger charge is 2.18. The molecule has 22 heavy (non-hydrogen) atoms. The molecule has 1 heterocycles. The Labute approximate surface area is 132 Å². The van der Waals surface area contributed by atoms with Gasteiger partial charge >= 0.3 is 6.07 Å². The van der Waals surface area contributed by atoms with E-state index in [1.165, 1.54) is 16.7 Å². The Morgan fingerprint density at radius 3 is 2.36 bits per heavy atom. The number of benzene rings is 1. The van der Waals surface area contributed by atoms with Gasteiger partial charge in [-0.05, 0) is 48.4 Å². The molecule has 0 aliphatic heterocycles. The molecule has 4 heteroatoms. The molecule has 0 radical (unpaired) electrons. The van der Waals surface area contributed by atoms with Gasteiger partial charge in [-0.2, -0.15) is 0 Å². The van der Waals surface area contributed by atoms with Gasteiger partial charge in [0.05, 0.1) is 0 Å². The van der Waals surface area contributed by atoms with Crippen molar-refractivity contribution < 1.29 is 0 Å². The molecule has 0 saturated carbocycles. The molecule has 1 aromatic carbocycles. The summed E-state index contributed by atoms with van der Waals surface area (Å²) in [6, 6.07) is 4.88. The van der Waals surface area contributed by atoms with Gasteiger partial charge in [-0.15, -0.1) is 0 Å². The van der Waals surface area contributed by atoms with Crippen LogP contribution < -0.4 is 0 Å². The predicted molar refractivity (Wildman–Crippen MR) is 90.4 cm³/mol. The summed E-state index contributed by atoms with van der Waals surface area (Å²) in [4.78, 5) is 4.30. The third kappa shape index (κ3) is 2.99. The van der Waals surface area contributed by atoms with Crippen molar-refractivity contribution in [1.82, 2.24) is 9.55 Å². The number of hydrogen-bond donors (Lipinski definition) is 0. The van der Waals surface area contributed by atoms with Crippen molar-refractivity contribution in [2.75, 3.05) is 0 Å². The van der Waals surface area contributed by atoms with Gasteiger partial charge in [-0.3, -0.25) is 0 Å². The van der Waals surface area contributed by atoms with Gasteiger partial charge in [0, 0.05) is 23.9 Å². The third-order valence-electron chi connectivity index (χ3n) is 4.25. The van der Waals surface area contributed by atoms with Crippen LogP contribution >= 0.6 is 0 Å². The highest BCUT2D eigenvalue weighted by molar-refractivity contribution is 5.53. The van der Waals surface area contributed by atoms with Gasteiger partial charge in [0.2, 0.25) is 0 Å². The lowest BCUT2D eigenvalue weighted by atomic mass is 9.88.